The molecule has 0 spiro atoms. The van der Waals surface area contributed by atoms with Gasteiger partial charge in [0, 0.05) is 44.0 Å². The molecule has 0 radical (unpaired) electrons. The zero-order valence-electron chi connectivity index (χ0n) is 18.6. The van der Waals surface area contributed by atoms with Crippen LogP contribution in [-0.4, -0.2) is 46.5 Å². The lowest BCUT2D eigenvalue weighted by molar-refractivity contribution is 0.0703. The van der Waals surface area contributed by atoms with Gasteiger partial charge in [0.25, 0.3) is 5.91 Å². The normalized spacial score (nSPS) is 17.6. The van der Waals surface area contributed by atoms with E-state index in [1.807, 2.05) is 36.3 Å². The molecule has 0 bridgehead atoms. The number of rotatable bonds is 3. The van der Waals surface area contributed by atoms with Crippen LogP contribution in [0.3, 0.4) is 0 Å². The quantitative estimate of drug-likeness (QED) is 0.598. The van der Waals surface area contributed by atoms with Crippen molar-refractivity contribution in [3.05, 3.63) is 64.2 Å². The third-order valence-electron chi connectivity index (χ3n) is 6.31. The summed E-state index contributed by atoms with van der Waals surface area (Å²) in [6.45, 7) is 1.65. The molecular weight excluding hydrogens is 457 g/mol. The summed E-state index contributed by atoms with van der Waals surface area (Å²) in [4.78, 5) is 19.6. The highest BCUT2D eigenvalue weighted by atomic mass is 35.5. The van der Waals surface area contributed by atoms with E-state index in [1.165, 1.54) is 12.1 Å². The molecule has 0 saturated carbocycles. The van der Waals surface area contributed by atoms with E-state index in [0.717, 1.165) is 24.1 Å². The maximum atomic E-state index is 14.5. The number of piperidine rings is 1. The molecular formula is C24H23ClFN7O. The fourth-order valence-corrected chi connectivity index (χ4v) is 4.82. The third-order valence-corrected chi connectivity index (χ3v) is 6.65. The number of nitrogens with two attached hydrogens (primary N) is 1. The second kappa shape index (κ2) is 8.72. The smallest absolute Gasteiger partial charge is 0.275 e. The lowest BCUT2D eigenvalue weighted by Gasteiger charge is -2.30. The number of hydrazine groups is 1. The summed E-state index contributed by atoms with van der Waals surface area (Å²) >= 11 is 6.79. The van der Waals surface area contributed by atoms with Crippen LogP contribution >= 0.6 is 11.6 Å². The van der Waals surface area contributed by atoms with E-state index in [0.29, 0.717) is 36.7 Å². The Kier molecular flexibility index (Phi) is 5.73. The van der Waals surface area contributed by atoms with Crippen molar-refractivity contribution in [2.75, 3.05) is 25.1 Å². The first-order chi connectivity index (χ1) is 16.4. The average molecular weight is 480 g/mol. The maximum Gasteiger partial charge on any atom is 0.275 e. The number of nitrogens with zero attached hydrogens (tertiary/aromatic N) is 5. The van der Waals surface area contributed by atoms with Crippen molar-refractivity contribution >= 4 is 23.2 Å². The number of carbonyl (C=O) groups is 1. The Balaban J connectivity index is 1.65. The molecule has 1 saturated heterocycles. The zero-order chi connectivity index (χ0) is 24.0. The third kappa shape index (κ3) is 3.80. The second-order valence-corrected chi connectivity index (χ2v) is 8.94. The summed E-state index contributed by atoms with van der Waals surface area (Å²) < 4.78 is 16.1. The van der Waals surface area contributed by atoms with Gasteiger partial charge in [-0.15, -0.1) is 0 Å². The molecule has 2 aliphatic heterocycles. The van der Waals surface area contributed by atoms with Crippen LogP contribution in [0.2, 0.25) is 5.15 Å². The number of carbonyl (C=O) groups excluding carboxylic acids is 1. The van der Waals surface area contributed by atoms with Gasteiger partial charge in [-0.25, -0.2) is 14.8 Å². The molecule has 0 aliphatic carbocycles. The van der Waals surface area contributed by atoms with Gasteiger partial charge in [0.05, 0.1) is 11.3 Å². The molecule has 2 aliphatic rings. The van der Waals surface area contributed by atoms with Crippen molar-refractivity contribution in [3.63, 3.8) is 0 Å². The van der Waals surface area contributed by atoms with Crippen LogP contribution < -0.4 is 16.2 Å². The SMILES string of the molecule is CN1NCc2cc(-n3c(-c4ccc(C#N)c(F)c4)nc(C(=O)N4CCC[C@@H](N)C4)c3Cl)ccc21. The fraction of sp³-hybridized carbons (Fsp3) is 0.292. The van der Waals surface area contributed by atoms with Crippen molar-refractivity contribution in [1.82, 2.24) is 19.9 Å². The number of benzene rings is 2. The molecule has 1 aromatic heterocycles. The lowest BCUT2D eigenvalue weighted by atomic mass is 10.1. The first-order valence-corrected chi connectivity index (χ1v) is 11.4. The predicted molar refractivity (Wildman–Crippen MR) is 127 cm³/mol. The first kappa shape index (κ1) is 22.3. The van der Waals surface area contributed by atoms with Crippen LogP contribution in [0.4, 0.5) is 10.1 Å². The van der Waals surface area contributed by atoms with Gasteiger partial charge in [0.15, 0.2) is 5.69 Å². The van der Waals surface area contributed by atoms with Crippen LogP contribution in [0, 0.1) is 17.1 Å². The number of amides is 1. The van der Waals surface area contributed by atoms with Crippen LogP contribution in [0.5, 0.6) is 0 Å². The van der Waals surface area contributed by atoms with Gasteiger partial charge in [-0.05, 0) is 54.8 Å². The molecule has 5 rings (SSSR count). The number of hydrogen-bond donors (Lipinski definition) is 2. The minimum absolute atomic E-state index is 0.0711. The first-order valence-electron chi connectivity index (χ1n) is 11.0. The fourth-order valence-electron chi connectivity index (χ4n) is 4.52. The summed E-state index contributed by atoms with van der Waals surface area (Å²) in [5, 5.41) is 11.2. The standard InChI is InChI=1S/C24H23ClFN7O/c1-31-20-7-6-18(9-16(20)12-29-31)33-22(25)21(24(34)32-8-2-3-17(28)13-32)30-23(33)14-4-5-15(11-27)19(26)10-14/h4-7,9-10,17,29H,2-3,8,12-13,28H2,1H3/t17-/m1/s1. The molecule has 34 heavy (non-hydrogen) atoms. The number of anilines is 1. The minimum Gasteiger partial charge on any atom is -0.336 e. The Bertz CT molecular complexity index is 1330. The monoisotopic (exact) mass is 479 g/mol. The largest absolute Gasteiger partial charge is 0.336 e. The van der Waals surface area contributed by atoms with Crippen LogP contribution in [0.1, 0.15) is 34.5 Å². The molecule has 3 aromatic rings. The summed E-state index contributed by atoms with van der Waals surface area (Å²) in [6.07, 6.45) is 1.67. The van der Waals surface area contributed by atoms with E-state index < -0.39 is 5.82 Å². The van der Waals surface area contributed by atoms with Gasteiger partial charge in [0.1, 0.15) is 22.9 Å². The molecule has 0 unspecified atom stereocenters. The minimum atomic E-state index is -0.666. The Hall–Kier alpha value is -3.45. The van der Waals surface area contributed by atoms with Crippen molar-refractivity contribution < 1.29 is 9.18 Å². The molecule has 1 amide bonds. The number of fused-ring (bicyclic) bond motifs is 1. The Morgan fingerprint density at radius 2 is 2.15 bits per heavy atom. The zero-order valence-corrected chi connectivity index (χ0v) is 19.3. The molecule has 174 valence electrons. The number of nitriles is 1. The van der Waals surface area contributed by atoms with E-state index in [4.69, 9.17) is 22.6 Å². The van der Waals surface area contributed by atoms with E-state index >= 15 is 0 Å². The summed E-state index contributed by atoms with van der Waals surface area (Å²) in [5.74, 6) is -0.658. The molecule has 3 N–H and O–H groups in total. The summed E-state index contributed by atoms with van der Waals surface area (Å²) in [6, 6.07) is 11.8. The van der Waals surface area contributed by atoms with Crippen molar-refractivity contribution in [3.8, 4) is 23.1 Å². The molecule has 3 heterocycles. The molecule has 8 nitrogen and oxygen atoms in total. The number of imidazole rings is 1. The highest BCUT2D eigenvalue weighted by Crippen LogP contribution is 2.34. The number of halogens is 2. The Labute approximate surface area is 201 Å². The van der Waals surface area contributed by atoms with E-state index in [9.17, 15) is 9.18 Å². The van der Waals surface area contributed by atoms with E-state index in [-0.39, 0.29) is 28.4 Å². The number of hydrogen-bond acceptors (Lipinski definition) is 6. The van der Waals surface area contributed by atoms with Gasteiger partial charge >= 0.3 is 0 Å². The number of nitrogens with one attached hydrogen (secondary N) is 1. The Morgan fingerprint density at radius 1 is 1.32 bits per heavy atom. The van der Waals surface area contributed by atoms with Gasteiger partial charge in [-0.3, -0.25) is 9.36 Å². The molecule has 1 fully saturated rings. The number of aromatic nitrogens is 2. The predicted octanol–water partition coefficient (Wildman–Crippen LogP) is 3.22. The van der Waals surface area contributed by atoms with Gasteiger partial charge in [-0.1, -0.05) is 11.6 Å². The molecule has 10 heteroatoms. The maximum absolute atomic E-state index is 14.5. The molecule has 2 aromatic carbocycles. The van der Waals surface area contributed by atoms with Crippen LogP contribution in [0.15, 0.2) is 36.4 Å². The summed E-state index contributed by atoms with van der Waals surface area (Å²) in [5.41, 5.74) is 12.5. The van der Waals surface area contributed by atoms with Crippen molar-refractivity contribution in [2.45, 2.75) is 25.4 Å². The van der Waals surface area contributed by atoms with Crippen LogP contribution in [-0.2, 0) is 6.54 Å². The van der Waals surface area contributed by atoms with Crippen LogP contribution in [0.25, 0.3) is 17.1 Å². The topological polar surface area (TPSA) is 103 Å². The van der Waals surface area contributed by atoms with Gasteiger partial charge in [0.2, 0.25) is 0 Å². The highest BCUT2D eigenvalue weighted by molar-refractivity contribution is 6.33. The van der Waals surface area contributed by atoms with E-state index in [2.05, 4.69) is 10.4 Å². The van der Waals surface area contributed by atoms with Gasteiger partial charge in [-0.2, -0.15) is 5.26 Å². The Morgan fingerprint density at radius 3 is 2.88 bits per heavy atom. The van der Waals surface area contributed by atoms with Crippen molar-refractivity contribution in [2.24, 2.45) is 5.73 Å². The van der Waals surface area contributed by atoms with E-state index in [1.54, 1.807) is 15.5 Å². The average Bonchev–Trinajstić information content (AvgIpc) is 3.38. The second-order valence-electron chi connectivity index (χ2n) is 8.58. The highest BCUT2D eigenvalue weighted by Gasteiger charge is 2.30. The lowest BCUT2D eigenvalue weighted by Crippen LogP contribution is -2.45. The van der Waals surface area contributed by atoms with Crippen molar-refractivity contribution in [1.29, 1.82) is 5.26 Å². The van der Waals surface area contributed by atoms with Gasteiger partial charge < -0.3 is 15.6 Å². The summed E-state index contributed by atoms with van der Waals surface area (Å²) in [7, 11) is 1.93. The molecule has 1 atom stereocenters. The number of likely N-dealkylation sites (tertiary alicyclic amines) is 1.